The number of hydrogen-bond acceptors (Lipinski definition) is 3. The Morgan fingerprint density at radius 1 is 1.16 bits per heavy atom. The standard InChI is InChI=1S/C16H21NOS/c1-4-13-6-8-14(9-7-13)18-16(12(3)17)15-10-5-11(2)19-15/h5-10,12,16H,4,17H2,1-3H3. The molecular formula is C16H21NOS. The Morgan fingerprint density at radius 2 is 1.84 bits per heavy atom. The normalized spacial score (nSPS) is 14.1. The van der Waals surface area contributed by atoms with Crippen LogP contribution in [0.2, 0.25) is 0 Å². The summed E-state index contributed by atoms with van der Waals surface area (Å²) in [7, 11) is 0. The van der Waals surface area contributed by atoms with Gasteiger partial charge in [0.25, 0.3) is 0 Å². The van der Waals surface area contributed by atoms with Crippen LogP contribution in [0.5, 0.6) is 5.75 Å². The van der Waals surface area contributed by atoms with Gasteiger partial charge in [-0.2, -0.15) is 0 Å². The molecule has 2 N–H and O–H groups in total. The Balaban J connectivity index is 2.16. The van der Waals surface area contributed by atoms with Crippen molar-refractivity contribution in [3.05, 3.63) is 51.7 Å². The van der Waals surface area contributed by atoms with Crippen molar-refractivity contribution >= 4 is 11.3 Å². The summed E-state index contributed by atoms with van der Waals surface area (Å²) in [6.07, 6.45) is 0.965. The molecule has 1 aromatic carbocycles. The Kier molecular flexibility index (Phi) is 4.61. The highest BCUT2D eigenvalue weighted by Gasteiger charge is 2.19. The Bertz CT molecular complexity index is 516. The van der Waals surface area contributed by atoms with E-state index < -0.39 is 0 Å². The van der Waals surface area contributed by atoms with E-state index in [1.54, 1.807) is 11.3 Å². The molecule has 19 heavy (non-hydrogen) atoms. The van der Waals surface area contributed by atoms with Gasteiger partial charge in [0.05, 0.1) is 0 Å². The van der Waals surface area contributed by atoms with Gasteiger partial charge in [-0.05, 0) is 50.1 Å². The van der Waals surface area contributed by atoms with Gasteiger partial charge in [-0.25, -0.2) is 0 Å². The van der Waals surface area contributed by atoms with E-state index in [0.29, 0.717) is 0 Å². The van der Waals surface area contributed by atoms with Crippen LogP contribution >= 0.6 is 11.3 Å². The van der Waals surface area contributed by atoms with E-state index in [2.05, 4.69) is 38.1 Å². The number of ether oxygens (including phenoxy) is 1. The van der Waals surface area contributed by atoms with Crippen molar-refractivity contribution in [3.63, 3.8) is 0 Å². The van der Waals surface area contributed by atoms with Crippen molar-refractivity contribution < 1.29 is 4.74 Å². The molecule has 0 aliphatic rings. The molecule has 1 aromatic heterocycles. The third kappa shape index (κ3) is 3.58. The average Bonchev–Trinajstić information content (AvgIpc) is 2.82. The summed E-state index contributed by atoms with van der Waals surface area (Å²) in [6, 6.07) is 12.4. The van der Waals surface area contributed by atoms with Crippen LogP contribution in [0.1, 0.15) is 35.3 Å². The van der Waals surface area contributed by atoms with Crippen LogP contribution < -0.4 is 10.5 Å². The third-order valence-electron chi connectivity index (χ3n) is 3.11. The summed E-state index contributed by atoms with van der Waals surface area (Å²) in [6.45, 7) is 6.23. The van der Waals surface area contributed by atoms with E-state index in [-0.39, 0.29) is 12.1 Å². The smallest absolute Gasteiger partial charge is 0.148 e. The first-order chi connectivity index (χ1) is 9.10. The molecule has 2 rings (SSSR count). The first kappa shape index (κ1) is 14.1. The fourth-order valence-corrected chi connectivity index (χ4v) is 3.00. The van der Waals surface area contributed by atoms with Crippen molar-refractivity contribution in [2.24, 2.45) is 5.73 Å². The lowest BCUT2D eigenvalue weighted by atomic mass is 10.1. The highest BCUT2D eigenvalue weighted by atomic mass is 32.1. The van der Waals surface area contributed by atoms with E-state index in [1.165, 1.54) is 15.3 Å². The van der Waals surface area contributed by atoms with Crippen LogP contribution in [0, 0.1) is 6.92 Å². The number of rotatable bonds is 5. The lowest BCUT2D eigenvalue weighted by Gasteiger charge is -2.21. The SMILES string of the molecule is CCc1ccc(OC(c2ccc(C)s2)C(C)N)cc1. The molecule has 0 bridgehead atoms. The van der Waals surface area contributed by atoms with Gasteiger partial charge in [0.2, 0.25) is 0 Å². The van der Waals surface area contributed by atoms with E-state index in [4.69, 9.17) is 10.5 Å². The van der Waals surface area contributed by atoms with E-state index >= 15 is 0 Å². The minimum Gasteiger partial charge on any atom is -0.483 e. The van der Waals surface area contributed by atoms with Crippen molar-refractivity contribution in [1.82, 2.24) is 0 Å². The number of aryl methyl sites for hydroxylation is 2. The average molecular weight is 275 g/mol. The van der Waals surface area contributed by atoms with Crippen molar-refractivity contribution in [2.45, 2.75) is 39.3 Å². The van der Waals surface area contributed by atoms with Gasteiger partial charge in [0.15, 0.2) is 0 Å². The van der Waals surface area contributed by atoms with Crippen LogP contribution in [0.15, 0.2) is 36.4 Å². The predicted octanol–water partition coefficient (Wildman–Crippen LogP) is 4.09. The van der Waals surface area contributed by atoms with Crippen LogP contribution in [0.4, 0.5) is 0 Å². The molecule has 0 saturated heterocycles. The highest BCUT2D eigenvalue weighted by Crippen LogP contribution is 2.29. The quantitative estimate of drug-likeness (QED) is 0.892. The maximum Gasteiger partial charge on any atom is 0.148 e. The monoisotopic (exact) mass is 275 g/mol. The van der Waals surface area contributed by atoms with E-state index in [0.717, 1.165) is 12.2 Å². The molecule has 0 aliphatic heterocycles. The van der Waals surface area contributed by atoms with Gasteiger partial charge in [0, 0.05) is 15.8 Å². The first-order valence-corrected chi connectivity index (χ1v) is 7.49. The van der Waals surface area contributed by atoms with Gasteiger partial charge >= 0.3 is 0 Å². The molecular weight excluding hydrogens is 254 g/mol. The second-order valence-corrected chi connectivity index (χ2v) is 6.16. The fraction of sp³-hybridized carbons (Fsp3) is 0.375. The summed E-state index contributed by atoms with van der Waals surface area (Å²) in [5.74, 6) is 0.880. The Morgan fingerprint density at radius 3 is 2.32 bits per heavy atom. The van der Waals surface area contributed by atoms with E-state index in [1.807, 2.05) is 19.1 Å². The Labute approximate surface area is 119 Å². The highest BCUT2D eigenvalue weighted by molar-refractivity contribution is 7.12. The summed E-state index contributed by atoms with van der Waals surface area (Å²) >= 11 is 1.75. The molecule has 0 amide bonds. The fourth-order valence-electron chi connectivity index (χ4n) is 1.98. The largest absolute Gasteiger partial charge is 0.483 e. The summed E-state index contributed by atoms with van der Waals surface area (Å²) < 4.78 is 6.06. The van der Waals surface area contributed by atoms with Crippen LogP contribution in [0.25, 0.3) is 0 Å². The molecule has 0 aliphatic carbocycles. The van der Waals surface area contributed by atoms with Crippen molar-refractivity contribution in [2.75, 3.05) is 0 Å². The molecule has 3 heteroatoms. The number of thiophene rings is 1. The first-order valence-electron chi connectivity index (χ1n) is 6.67. The lowest BCUT2D eigenvalue weighted by Crippen LogP contribution is -2.28. The molecule has 2 nitrogen and oxygen atoms in total. The topological polar surface area (TPSA) is 35.2 Å². The zero-order valence-corrected chi connectivity index (χ0v) is 12.5. The van der Waals surface area contributed by atoms with Crippen LogP contribution in [-0.4, -0.2) is 6.04 Å². The molecule has 102 valence electrons. The maximum absolute atomic E-state index is 6.06. The summed E-state index contributed by atoms with van der Waals surface area (Å²) in [5.41, 5.74) is 7.38. The zero-order chi connectivity index (χ0) is 13.8. The van der Waals surface area contributed by atoms with Gasteiger partial charge in [-0.1, -0.05) is 19.1 Å². The number of hydrogen-bond donors (Lipinski definition) is 1. The minimum absolute atomic E-state index is 0.0381. The summed E-state index contributed by atoms with van der Waals surface area (Å²) in [4.78, 5) is 2.47. The predicted molar refractivity (Wildman–Crippen MR) is 81.9 cm³/mol. The second kappa shape index (κ2) is 6.22. The van der Waals surface area contributed by atoms with Crippen molar-refractivity contribution in [3.8, 4) is 5.75 Å². The number of nitrogens with two attached hydrogens (primary N) is 1. The molecule has 0 fully saturated rings. The molecule has 2 aromatic rings. The molecule has 1 heterocycles. The van der Waals surface area contributed by atoms with Crippen molar-refractivity contribution in [1.29, 1.82) is 0 Å². The van der Waals surface area contributed by atoms with Gasteiger partial charge in [-0.3, -0.25) is 0 Å². The van der Waals surface area contributed by atoms with E-state index in [9.17, 15) is 0 Å². The molecule has 2 atom stereocenters. The molecule has 0 radical (unpaired) electrons. The third-order valence-corrected chi connectivity index (χ3v) is 4.18. The van der Waals surface area contributed by atoms with Gasteiger partial charge < -0.3 is 10.5 Å². The maximum atomic E-state index is 6.06. The lowest BCUT2D eigenvalue weighted by molar-refractivity contribution is 0.184. The second-order valence-electron chi connectivity index (χ2n) is 4.84. The number of benzene rings is 1. The molecule has 2 unspecified atom stereocenters. The van der Waals surface area contributed by atoms with Crippen LogP contribution in [0.3, 0.4) is 0 Å². The van der Waals surface area contributed by atoms with Gasteiger partial charge in [-0.15, -0.1) is 11.3 Å². The van der Waals surface area contributed by atoms with Crippen LogP contribution in [-0.2, 0) is 6.42 Å². The zero-order valence-electron chi connectivity index (χ0n) is 11.7. The Hall–Kier alpha value is -1.32. The summed E-state index contributed by atoms with van der Waals surface area (Å²) in [5, 5.41) is 0. The minimum atomic E-state index is -0.0776. The van der Waals surface area contributed by atoms with Gasteiger partial charge in [0.1, 0.15) is 11.9 Å². The molecule has 0 saturated carbocycles. The molecule has 0 spiro atoms.